The van der Waals surface area contributed by atoms with Crippen molar-refractivity contribution in [1.29, 1.82) is 0 Å². The van der Waals surface area contributed by atoms with E-state index >= 15 is 0 Å². The predicted octanol–water partition coefficient (Wildman–Crippen LogP) is 2.13. The van der Waals surface area contributed by atoms with Gasteiger partial charge in [0.25, 0.3) is 0 Å². The van der Waals surface area contributed by atoms with E-state index in [0.717, 1.165) is 19.5 Å². The van der Waals surface area contributed by atoms with Gasteiger partial charge in [-0.25, -0.2) is 0 Å². The summed E-state index contributed by atoms with van der Waals surface area (Å²) in [5, 5.41) is 3.42. The largest absolute Gasteiger partial charge is 0.312 e. The molecule has 76 valence electrons. The highest BCUT2D eigenvalue weighted by molar-refractivity contribution is 5.77. The van der Waals surface area contributed by atoms with E-state index in [-0.39, 0.29) is 0 Å². The lowest BCUT2D eigenvalue weighted by atomic mass is 9.85. The first-order chi connectivity index (χ1) is 7.43. The van der Waals surface area contributed by atoms with Gasteiger partial charge in [-0.3, -0.25) is 4.99 Å². The van der Waals surface area contributed by atoms with Crippen LogP contribution in [0.2, 0.25) is 0 Å². The summed E-state index contributed by atoms with van der Waals surface area (Å²) < 4.78 is 0. The second-order valence-corrected chi connectivity index (χ2v) is 4.14. The molecular weight excluding hydrogens is 184 g/mol. The summed E-state index contributed by atoms with van der Waals surface area (Å²) in [5.74, 6) is 0. The van der Waals surface area contributed by atoms with Crippen LogP contribution < -0.4 is 5.32 Å². The van der Waals surface area contributed by atoms with Gasteiger partial charge >= 0.3 is 0 Å². The van der Waals surface area contributed by atoms with Crippen molar-refractivity contribution in [3.8, 4) is 0 Å². The molecule has 0 aromatic heterocycles. The molecule has 0 saturated heterocycles. The molecule has 0 unspecified atom stereocenters. The minimum Gasteiger partial charge on any atom is -0.312 e. The Labute approximate surface area is 89.8 Å². The number of allylic oxidation sites excluding steroid dienone is 4. The van der Waals surface area contributed by atoms with Gasteiger partial charge < -0.3 is 5.32 Å². The summed E-state index contributed by atoms with van der Waals surface area (Å²) in [6.45, 7) is 2.15. The number of hydrogen-bond donors (Lipinski definition) is 1. The Hall–Kier alpha value is -1.41. The molecule has 0 bridgehead atoms. The van der Waals surface area contributed by atoms with Gasteiger partial charge in [-0.05, 0) is 48.3 Å². The summed E-state index contributed by atoms with van der Waals surface area (Å²) in [6, 6.07) is 0. The zero-order valence-electron chi connectivity index (χ0n) is 8.66. The first-order valence-electron chi connectivity index (χ1n) is 5.46. The average Bonchev–Trinajstić information content (AvgIpc) is 2.50. The van der Waals surface area contributed by atoms with E-state index in [1.807, 2.05) is 12.4 Å². The second kappa shape index (κ2) is 3.63. The van der Waals surface area contributed by atoms with E-state index in [0.29, 0.717) is 0 Å². The summed E-state index contributed by atoms with van der Waals surface area (Å²) in [6.07, 6.45) is 12.6. The van der Waals surface area contributed by atoms with Crippen LogP contribution in [0.15, 0.2) is 51.7 Å². The molecule has 1 aliphatic carbocycles. The minimum atomic E-state index is 1.03. The van der Waals surface area contributed by atoms with Gasteiger partial charge in [0, 0.05) is 19.0 Å². The van der Waals surface area contributed by atoms with E-state index in [4.69, 9.17) is 0 Å². The predicted molar refractivity (Wildman–Crippen MR) is 62.9 cm³/mol. The van der Waals surface area contributed by atoms with Crippen LogP contribution in [0.3, 0.4) is 0 Å². The Bertz CT molecular complexity index is 433. The third-order valence-corrected chi connectivity index (χ3v) is 3.18. The molecule has 0 fully saturated rings. The molecular formula is C13H14N2. The highest BCUT2D eigenvalue weighted by Crippen LogP contribution is 2.32. The normalized spacial score (nSPS) is 24.0. The van der Waals surface area contributed by atoms with Gasteiger partial charge in [0.05, 0.1) is 0 Å². The van der Waals surface area contributed by atoms with Crippen molar-refractivity contribution >= 4 is 6.21 Å². The first kappa shape index (κ1) is 8.86. The summed E-state index contributed by atoms with van der Waals surface area (Å²) >= 11 is 0. The number of nitrogens with one attached hydrogen (secondary N) is 1. The zero-order valence-corrected chi connectivity index (χ0v) is 8.66. The number of fused-ring (bicyclic) bond motifs is 1. The molecule has 0 saturated carbocycles. The van der Waals surface area contributed by atoms with Crippen LogP contribution in [0.25, 0.3) is 0 Å². The Morgan fingerprint density at radius 3 is 3.33 bits per heavy atom. The van der Waals surface area contributed by atoms with Crippen molar-refractivity contribution in [2.45, 2.75) is 12.8 Å². The smallest absolute Gasteiger partial charge is 0.0273 e. The fourth-order valence-electron chi connectivity index (χ4n) is 2.33. The molecule has 0 spiro atoms. The molecule has 2 nitrogen and oxygen atoms in total. The van der Waals surface area contributed by atoms with Crippen LogP contribution in [0.1, 0.15) is 12.8 Å². The molecule has 0 atom stereocenters. The Morgan fingerprint density at radius 1 is 1.33 bits per heavy atom. The molecule has 2 heteroatoms. The van der Waals surface area contributed by atoms with Crippen molar-refractivity contribution < 1.29 is 0 Å². The molecule has 2 aliphatic heterocycles. The lowest BCUT2D eigenvalue weighted by Crippen LogP contribution is -2.26. The maximum atomic E-state index is 4.16. The molecule has 0 aromatic carbocycles. The number of rotatable bonds is 0. The van der Waals surface area contributed by atoms with Crippen molar-refractivity contribution in [3.63, 3.8) is 0 Å². The standard InChI is InChI=1S/C13H14N2/c1-4-14-5-2-11-8-13-9-15-6-3-12(13)7-10(1)11/h1-2,4-5,8,15H,3,6-7,9H2. The van der Waals surface area contributed by atoms with E-state index in [1.165, 1.54) is 23.1 Å². The van der Waals surface area contributed by atoms with Gasteiger partial charge in [0.2, 0.25) is 0 Å². The maximum Gasteiger partial charge on any atom is 0.0273 e. The fraction of sp³-hybridized carbons (Fsp3) is 0.308. The van der Waals surface area contributed by atoms with Crippen LogP contribution in [0.4, 0.5) is 0 Å². The molecule has 2 heterocycles. The number of aliphatic imine (C=N–C) groups is 1. The molecule has 0 amide bonds. The monoisotopic (exact) mass is 198 g/mol. The third-order valence-electron chi connectivity index (χ3n) is 3.18. The summed E-state index contributed by atoms with van der Waals surface area (Å²) in [7, 11) is 0. The van der Waals surface area contributed by atoms with Crippen LogP contribution in [-0.4, -0.2) is 19.3 Å². The Balaban J connectivity index is 2.03. The molecule has 3 aliphatic rings. The van der Waals surface area contributed by atoms with Crippen molar-refractivity contribution in [3.05, 3.63) is 46.7 Å². The van der Waals surface area contributed by atoms with E-state index in [1.54, 1.807) is 5.57 Å². The lowest BCUT2D eigenvalue weighted by Gasteiger charge is -2.25. The Kier molecular flexibility index (Phi) is 2.14. The highest BCUT2D eigenvalue weighted by Gasteiger charge is 2.18. The van der Waals surface area contributed by atoms with Gasteiger partial charge in [-0.2, -0.15) is 0 Å². The van der Waals surface area contributed by atoms with E-state index in [9.17, 15) is 0 Å². The molecule has 3 rings (SSSR count). The first-order valence-corrected chi connectivity index (χ1v) is 5.46. The van der Waals surface area contributed by atoms with E-state index < -0.39 is 0 Å². The van der Waals surface area contributed by atoms with Gasteiger partial charge in [-0.1, -0.05) is 11.6 Å². The van der Waals surface area contributed by atoms with Crippen molar-refractivity contribution in [2.75, 3.05) is 13.1 Å². The molecule has 0 aromatic rings. The average molecular weight is 198 g/mol. The quantitative estimate of drug-likeness (QED) is 0.633. The van der Waals surface area contributed by atoms with E-state index in [2.05, 4.69) is 28.5 Å². The topological polar surface area (TPSA) is 24.4 Å². The number of hydrogen-bond acceptors (Lipinski definition) is 2. The molecule has 15 heavy (non-hydrogen) atoms. The fourth-order valence-corrected chi connectivity index (χ4v) is 2.33. The van der Waals surface area contributed by atoms with Crippen molar-refractivity contribution in [2.24, 2.45) is 4.99 Å². The van der Waals surface area contributed by atoms with Crippen molar-refractivity contribution in [1.82, 2.24) is 5.32 Å². The summed E-state index contributed by atoms with van der Waals surface area (Å²) in [4.78, 5) is 4.16. The minimum absolute atomic E-state index is 1.03. The highest BCUT2D eigenvalue weighted by atomic mass is 14.9. The summed E-state index contributed by atoms with van der Waals surface area (Å²) in [5.41, 5.74) is 5.83. The SMILES string of the molecule is C1=CC2=CC3=C(CCNC3)CC2=CC=N1. The third kappa shape index (κ3) is 1.61. The maximum absolute atomic E-state index is 4.16. The Morgan fingerprint density at radius 2 is 2.33 bits per heavy atom. The molecule has 1 N–H and O–H groups in total. The zero-order chi connectivity index (χ0) is 10.1. The molecule has 0 radical (unpaired) electrons. The van der Waals surface area contributed by atoms with Gasteiger partial charge in [0.1, 0.15) is 0 Å². The van der Waals surface area contributed by atoms with Crippen LogP contribution in [-0.2, 0) is 0 Å². The van der Waals surface area contributed by atoms with Gasteiger partial charge in [-0.15, -0.1) is 0 Å². The second-order valence-electron chi connectivity index (χ2n) is 4.14. The lowest BCUT2D eigenvalue weighted by molar-refractivity contribution is 0.670. The van der Waals surface area contributed by atoms with Gasteiger partial charge in [0.15, 0.2) is 0 Å². The van der Waals surface area contributed by atoms with Crippen LogP contribution in [0, 0.1) is 0 Å². The van der Waals surface area contributed by atoms with Crippen LogP contribution >= 0.6 is 0 Å². The van der Waals surface area contributed by atoms with Crippen LogP contribution in [0.5, 0.6) is 0 Å². The number of nitrogens with zero attached hydrogens (tertiary/aromatic N) is 1.